The lowest BCUT2D eigenvalue weighted by molar-refractivity contribution is 0.669. The number of rotatable bonds is 5. The second-order valence-corrected chi connectivity index (χ2v) is 20.4. The molecule has 1 aliphatic rings. The summed E-state index contributed by atoms with van der Waals surface area (Å²) < 4.78 is 11.9. The van der Waals surface area contributed by atoms with Crippen LogP contribution in [0.5, 0.6) is 0 Å². The number of thiophene rings is 1. The van der Waals surface area contributed by atoms with Gasteiger partial charge in [-0.25, -0.2) is 9.98 Å². The van der Waals surface area contributed by atoms with Crippen molar-refractivity contribution in [2.45, 2.75) is 13.3 Å². The fourth-order valence-electron chi connectivity index (χ4n) is 11.3. The molecule has 0 bridgehead atoms. The summed E-state index contributed by atoms with van der Waals surface area (Å²) in [6, 6.07) is 79.4. The van der Waals surface area contributed by atoms with Crippen molar-refractivity contribution in [3.63, 3.8) is 0 Å². The van der Waals surface area contributed by atoms with Crippen LogP contribution in [0.1, 0.15) is 30.0 Å². The summed E-state index contributed by atoms with van der Waals surface area (Å²) in [5.41, 5.74) is 12.3. The number of aliphatic imine (C=N–C) groups is 2. The van der Waals surface area contributed by atoms with Gasteiger partial charge in [-0.3, -0.25) is 0 Å². The van der Waals surface area contributed by atoms with Crippen molar-refractivity contribution in [2.75, 3.05) is 0 Å². The van der Waals surface area contributed by atoms with Crippen LogP contribution < -0.4 is 0 Å². The molecule has 0 N–H and O–H groups in total. The van der Waals surface area contributed by atoms with E-state index < -0.39 is 0 Å². The number of benzene rings is 11. The van der Waals surface area contributed by atoms with E-state index in [-0.39, 0.29) is 5.92 Å². The quantitative estimate of drug-likeness (QED) is 0.170. The van der Waals surface area contributed by atoms with Gasteiger partial charge in [0.2, 0.25) is 0 Å². The van der Waals surface area contributed by atoms with Gasteiger partial charge in [-0.1, -0.05) is 171 Å². The number of allylic oxidation sites excluding steroid dienone is 1. The third-order valence-electron chi connectivity index (χ3n) is 15.0. The summed E-state index contributed by atoms with van der Waals surface area (Å²) in [4.78, 5) is 11.5. The van der Waals surface area contributed by atoms with Crippen molar-refractivity contribution in [1.29, 1.82) is 0 Å². The van der Waals surface area contributed by atoms with Gasteiger partial charge in [0.05, 0.1) is 28.1 Å². The highest BCUT2D eigenvalue weighted by molar-refractivity contribution is 7.25. The Hall–Kier alpha value is -8.90. The molecule has 338 valence electrons. The van der Waals surface area contributed by atoms with E-state index in [4.69, 9.17) is 14.4 Å². The third kappa shape index (κ3) is 6.58. The van der Waals surface area contributed by atoms with Crippen molar-refractivity contribution in [3.05, 3.63) is 241 Å². The SMILES string of the molecule is CC1C/C=C(c2ccc(-c3ccccc3)cc2)/N=C(c2ccc3c(c2)sc2ccccc23)\N=C/1c1cc2oc3cc4ccccc4cc3c2cc1-n1c2cc3ccccc3cc2c2cc3ccccc3cc21. The van der Waals surface area contributed by atoms with Crippen LogP contribution in [0.25, 0.3) is 119 Å². The summed E-state index contributed by atoms with van der Waals surface area (Å²) in [6.07, 6.45) is 3.05. The Morgan fingerprint density at radius 1 is 0.431 bits per heavy atom. The normalized spacial score (nSPS) is 16.7. The maximum atomic E-state index is 6.95. The van der Waals surface area contributed by atoms with Gasteiger partial charge in [-0.05, 0) is 116 Å². The van der Waals surface area contributed by atoms with Gasteiger partial charge in [0.1, 0.15) is 11.2 Å². The molecule has 1 atom stereocenters. The first-order valence-electron chi connectivity index (χ1n) is 24.8. The zero-order valence-corrected chi connectivity index (χ0v) is 40.1. The van der Waals surface area contributed by atoms with E-state index in [1.165, 1.54) is 69.0 Å². The van der Waals surface area contributed by atoms with E-state index in [9.17, 15) is 0 Å². The van der Waals surface area contributed by atoms with Crippen LogP contribution in [0, 0.1) is 5.92 Å². The predicted molar refractivity (Wildman–Crippen MR) is 307 cm³/mol. The summed E-state index contributed by atoms with van der Waals surface area (Å²) in [5, 5.41) is 14.2. The lowest BCUT2D eigenvalue weighted by Gasteiger charge is -2.22. The molecule has 4 heterocycles. The first-order chi connectivity index (χ1) is 35.5. The van der Waals surface area contributed by atoms with E-state index in [0.29, 0.717) is 5.84 Å². The Labute approximate surface area is 418 Å². The Kier molecular flexibility index (Phi) is 9.14. The molecule has 0 saturated carbocycles. The molecule has 72 heavy (non-hydrogen) atoms. The molecule has 1 aliphatic heterocycles. The molecule has 0 amide bonds. The second kappa shape index (κ2) is 16.1. The topological polar surface area (TPSA) is 42.8 Å². The van der Waals surface area contributed by atoms with Gasteiger partial charge >= 0.3 is 0 Å². The fraction of sp³-hybridized carbons (Fsp3) is 0.0448. The van der Waals surface area contributed by atoms with Gasteiger partial charge in [0.25, 0.3) is 0 Å². The molecule has 4 nitrogen and oxygen atoms in total. The minimum atomic E-state index is -0.0138. The largest absolute Gasteiger partial charge is 0.456 e. The van der Waals surface area contributed by atoms with Crippen molar-refractivity contribution in [1.82, 2.24) is 4.57 Å². The molecular weight excluding hydrogens is 895 g/mol. The van der Waals surface area contributed by atoms with Crippen LogP contribution in [0.2, 0.25) is 0 Å². The zero-order chi connectivity index (χ0) is 47.4. The molecule has 11 aromatic carbocycles. The van der Waals surface area contributed by atoms with Gasteiger partial charge in [0.15, 0.2) is 5.84 Å². The minimum absolute atomic E-state index is 0.0138. The maximum Gasteiger partial charge on any atom is 0.160 e. The number of nitrogens with zero attached hydrogens (tertiary/aromatic N) is 3. The molecule has 0 saturated heterocycles. The monoisotopic (exact) mass is 937 g/mol. The summed E-state index contributed by atoms with van der Waals surface area (Å²) in [5.74, 6) is 0.662. The predicted octanol–water partition coefficient (Wildman–Crippen LogP) is 18.5. The summed E-state index contributed by atoms with van der Waals surface area (Å²) in [7, 11) is 0. The van der Waals surface area contributed by atoms with Crippen LogP contribution in [-0.4, -0.2) is 16.1 Å². The van der Waals surface area contributed by atoms with Crippen LogP contribution >= 0.6 is 11.3 Å². The van der Waals surface area contributed by atoms with E-state index in [0.717, 1.165) is 78.6 Å². The van der Waals surface area contributed by atoms with Gasteiger partial charge in [-0.2, -0.15) is 0 Å². The molecule has 5 heteroatoms. The van der Waals surface area contributed by atoms with Gasteiger partial charge < -0.3 is 8.98 Å². The number of aromatic nitrogens is 1. The van der Waals surface area contributed by atoms with E-state index in [1.807, 2.05) is 11.3 Å². The first kappa shape index (κ1) is 40.9. The number of amidine groups is 1. The lowest BCUT2D eigenvalue weighted by atomic mass is 9.91. The Bertz CT molecular complexity index is 4570. The van der Waals surface area contributed by atoms with Crippen molar-refractivity contribution < 1.29 is 4.42 Å². The number of hydrogen-bond donors (Lipinski definition) is 0. The third-order valence-corrected chi connectivity index (χ3v) is 16.1. The average Bonchev–Trinajstić information content (AvgIpc) is 4.08. The molecular formula is C67H43N3OS. The smallest absolute Gasteiger partial charge is 0.160 e. The van der Waals surface area contributed by atoms with Crippen LogP contribution in [0.15, 0.2) is 239 Å². The minimum Gasteiger partial charge on any atom is -0.456 e. The molecule has 14 aromatic rings. The Morgan fingerprint density at radius 3 is 1.65 bits per heavy atom. The zero-order valence-electron chi connectivity index (χ0n) is 39.3. The molecule has 1 unspecified atom stereocenters. The standard InChI is InChI=1S/C67H43N3OS/c1-40-23-30-58(43-26-24-42(25-27-43)41-13-3-2-4-14-41)68-67(50-28-29-52-51-21-11-12-22-64(51)72-65(52)37-50)69-66(40)57-39-63-56(55-33-46-17-7-10-20-49(46)36-62(55)71-63)38-61(57)70-59-34-47-18-8-5-15-44(47)31-53(59)54-32-45-16-6-9-19-48(45)35-60(54)70/h2-22,24-40H,23H2,1H3/b58-30+,68-67-,69-66+. The first-order valence-corrected chi connectivity index (χ1v) is 25.6. The maximum absolute atomic E-state index is 6.95. The van der Waals surface area contributed by atoms with Crippen LogP contribution in [0.4, 0.5) is 0 Å². The highest BCUT2D eigenvalue weighted by Crippen LogP contribution is 2.43. The van der Waals surface area contributed by atoms with Gasteiger partial charge in [0, 0.05) is 58.8 Å². The number of furan rings is 1. The van der Waals surface area contributed by atoms with Crippen LogP contribution in [0.3, 0.4) is 0 Å². The molecule has 3 aromatic heterocycles. The number of hydrogen-bond acceptors (Lipinski definition) is 4. The van der Waals surface area contributed by atoms with E-state index in [2.05, 4.69) is 236 Å². The second-order valence-electron chi connectivity index (χ2n) is 19.3. The number of fused-ring (bicyclic) bond motifs is 12. The lowest BCUT2D eigenvalue weighted by Crippen LogP contribution is -2.19. The van der Waals surface area contributed by atoms with E-state index in [1.54, 1.807) is 0 Å². The highest BCUT2D eigenvalue weighted by atomic mass is 32.1. The Balaban J connectivity index is 1.02. The highest BCUT2D eigenvalue weighted by Gasteiger charge is 2.26. The van der Waals surface area contributed by atoms with Crippen molar-refractivity contribution in [3.8, 4) is 16.8 Å². The molecule has 0 spiro atoms. The summed E-state index contributed by atoms with van der Waals surface area (Å²) in [6.45, 7) is 2.32. The van der Waals surface area contributed by atoms with Crippen molar-refractivity contribution >= 4 is 125 Å². The Morgan fingerprint density at radius 2 is 0.958 bits per heavy atom. The molecule has 15 rings (SSSR count). The van der Waals surface area contributed by atoms with E-state index >= 15 is 0 Å². The average molecular weight is 938 g/mol. The van der Waals surface area contributed by atoms with Gasteiger partial charge in [-0.15, -0.1) is 11.3 Å². The van der Waals surface area contributed by atoms with Crippen LogP contribution in [-0.2, 0) is 0 Å². The molecule has 0 aliphatic carbocycles. The molecule has 0 fully saturated rings. The molecule has 0 radical (unpaired) electrons. The summed E-state index contributed by atoms with van der Waals surface area (Å²) >= 11 is 1.82. The van der Waals surface area contributed by atoms with Crippen molar-refractivity contribution in [2.24, 2.45) is 15.9 Å². The fourth-order valence-corrected chi connectivity index (χ4v) is 12.5.